The van der Waals surface area contributed by atoms with Gasteiger partial charge in [-0.1, -0.05) is 12.6 Å². The number of anilines is 6. The van der Waals surface area contributed by atoms with Gasteiger partial charge < -0.3 is 25.3 Å². The minimum Gasteiger partial charge on any atom is -0.369 e. The first-order valence-electron chi connectivity index (χ1n) is 13.0. The molecule has 2 aromatic heterocycles. The molecule has 6 rings (SSSR count). The molecule has 8 nitrogen and oxygen atoms in total. The maximum Gasteiger partial charge on any atom is 0.250 e. The Kier molecular flexibility index (Phi) is 6.70. The SMILES string of the molecule is C=CC(=O)N1CCCc2c(Nc3nc(Nc4ccc(N5CCN(C)CC5)cc4)nc4ccsc34)cccc21. The van der Waals surface area contributed by atoms with E-state index in [9.17, 15) is 4.79 Å². The zero-order valence-corrected chi connectivity index (χ0v) is 22.3. The first kappa shape index (κ1) is 24.4. The van der Waals surface area contributed by atoms with E-state index in [-0.39, 0.29) is 5.91 Å². The summed E-state index contributed by atoms with van der Waals surface area (Å²) < 4.78 is 0.994. The van der Waals surface area contributed by atoms with Crippen molar-refractivity contribution >= 4 is 62.0 Å². The number of hydrogen-bond acceptors (Lipinski definition) is 8. The molecule has 2 aliphatic rings. The lowest BCUT2D eigenvalue weighted by Gasteiger charge is -2.34. The minimum atomic E-state index is -0.0732. The third-order valence-electron chi connectivity index (χ3n) is 7.24. The van der Waals surface area contributed by atoms with Gasteiger partial charge in [0.1, 0.15) is 0 Å². The van der Waals surface area contributed by atoms with Gasteiger partial charge in [-0.2, -0.15) is 4.98 Å². The first-order valence-corrected chi connectivity index (χ1v) is 13.9. The number of piperazine rings is 1. The van der Waals surface area contributed by atoms with E-state index >= 15 is 0 Å². The highest BCUT2D eigenvalue weighted by Crippen LogP contribution is 2.37. The highest BCUT2D eigenvalue weighted by Gasteiger charge is 2.23. The van der Waals surface area contributed by atoms with Crippen LogP contribution in [0.25, 0.3) is 10.2 Å². The van der Waals surface area contributed by atoms with E-state index < -0.39 is 0 Å². The maximum absolute atomic E-state index is 12.4. The molecule has 9 heteroatoms. The summed E-state index contributed by atoms with van der Waals surface area (Å²) in [6, 6.07) is 16.5. The third-order valence-corrected chi connectivity index (χ3v) is 8.15. The van der Waals surface area contributed by atoms with Crippen LogP contribution in [0.5, 0.6) is 0 Å². The number of aromatic nitrogens is 2. The Bertz CT molecular complexity index is 1470. The van der Waals surface area contributed by atoms with Crippen LogP contribution in [0.2, 0.25) is 0 Å². The van der Waals surface area contributed by atoms with Crippen molar-refractivity contribution in [3.63, 3.8) is 0 Å². The molecule has 1 amide bonds. The number of benzene rings is 2. The van der Waals surface area contributed by atoms with Gasteiger partial charge in [-0.25, -0.2) is 4.98 Å². The second-order valence-electron chi connectivity index (χ2n) is 9.72. The number of carbonyl (C=O) groups is 1. The Balaban J connectivity index is 1.26. The van der Waals surface area contributed by atoms with Crippen LogP contribution in [0.3, 0.4) is 0 Å². The van der Waals surface area contributed by atoms with Gasteiger partial charge in [0.2, 0.25) is 11.9 Å². The third kappa shape index (κ3) is 4.82. The van der Waals surface area contributed by atoms with Crippen molar-refractivity contribution in [1.29, 1.82) is 0 Å². The molecule has 2 N–H and O–H groups in total. The van der Waals surface area contributed by atoms with E-state index in [1.807, 2.05) is 29.6 Å². The van der Waals surface area contributed by atoms with E-state index in [4.69, 9.17) is 9.97 Å². The fraction of sp³-hybridized carbons (Fsp3) is 0.276. The zero-order valence-electron chi connectivity index (χ0n) is 21.5. The van der Waals surface area contributed by atoms with Gasteiger partial charge in [-0.15, -0.1) is 11.3 Å². The Hall–Kier alpha value is -3.95. The number of likely N-dealkylation sites (N-methyl/N-ethyl adjacent to an activating group) is 1. The van der Waals surface area contributed by atoms with Gasteiger partial charge in [-0.3, -0.25) is 4.79 Å². The smallest absolute Gasteiger partial charge is 0.250 e. The van der Waals surface area contributed by atoms with Crippen LogP contribution in [0.15, 0.2) is 66.6 Å². The van der Waals surface area contributed by atoms with Gasteiger partial charge in [0.05, 0.1) is 10.2 Å². The molecule has 1 fully saturated rings. The van der Waals surface area contributed by atoms with Crippen molar-refractivity contribution in [2.45, 2.75) is 12.8 Å². The lowest BCUT2D eigenvalue weighted by molar-refractivity contribution is -0.114. The Morgan fingerprint density at radius 1 is 1.00 bits per heavy atom. The molecule has 4 heterocycles. The van der Waals surface area contributed by atoms with Gasteiger partial charge >= 0.3 is 0 Å². The quantitative estimate of drug-likeness (QED) is 0.327. The Labute approximate surface area is 226 Å². The topological polar surface area (TPSA) is 76.6 Å². The van der Waals surface area contributed by atoms with E-state index in [2.05, 4.69) is 58.3 Å². The minimum absolute atomic E-state index is 0.0732. The molecule has 38 heavy (non-hydrogen) atoms. The molecule has 0 radical (unpaired) electrons. The van der Waals surface area contributed by atoms with Crippen LogP contribution in [-0.2, 0) is 11.2 Å². The molecule has 0 unspecified atom stereocenters. The molecule has 4 aromatic rings. The van der Waals surface area contributed by atoms with Gasteiger partial charge in [0.15, 0.2) is 5.82 Å². The number of thiophene rings is 1. The van der Waals surface area contributed by atoms with Crippen molar-refractivity contribution in [2.24, 2.45) is 0 Å². The fourth-order valence-electron chi connectivity index (χ4n) is 5.16. The van der Waals surface area contributed by atoms with E-state index in [1.54, 1.807) is 16.2 Å². The first-order chi connectivity index (χ1) is 18.6. The summed E-state index contributed by atoms with van der Waals surface area (Å²) in [5.41, 5.74) is 6.07. The van der Waals surface area contributed by atoms with Gasteiger partial charge in [0.25, 0.3) is 0 Å². The fourth-order valence-corrected chi connectivity index (χ4v) is 5.94. The second-order valence-corrected chi connectivity index (χ2v) is 10.6. The predicted octanol–water partition coefficient (Wildman–Crippen LogP) is 5.40. The summed E-state index contributed by atoms with van der Waals surface area (Å²) in [6.45, 7) is 8.61. The summed E-state index contributed by atoms with van der Waals surface area (Å²) in [4.78, 5) is 28.6. The largest absolute Gasteiger partial charge is 0.369 e. The molecule has 0 saturated carbocycles. The lowest BCUT2D eigenvalue weighted by atomic mass is 9.99. The Morgan fingerprint density at radius 2 is 1.82 bits per heavy atom. The average Bonchev–Trinajstić information content (AvgIpc) is 3.42. The van der Waals surface area contributed by atoms with Crippen molar-refractivity contribution < 1.29 is 4.79 Å². The van der Waals surface area contributed by atoms with E-state index in [0.717, 1.165) is 77.7 Å². The number of nitrogens with one attached hydrogen (secondary N) is 2. The molecular formula is C29H31N7OS. The predicted molar refractivity (Wildman–Crippen MR) is 157 cm³/mol. The summed E-state index contributed by atoms with van der Waals surface area (Å²) >= 11 is 1.61. The molecule has 0 aliphatic carbocycles. The zero-order chi connectivity index (χ0) is 26.1. The molecule has 2 aliphatic heterocycles. The number of nitrogens with zero attached hydrogens (tertiary/aromatic N) is 5. The number of fused-ring (bicyclic) bond motifs is 2. The summed E-state index contributed by atoms with van der Waals surface area (Å²) in [6.07, 6.45) is 3.17. The molecule has 0 bridgehead atoms. The van der Waals surface area contributed by atoms with Crippen LogP contribution in [0.1, 0.15) is 12.0 Å². The molecule has 194 valence electrons. The number of amides is 1. The van der Waals surface area contributed by atoms with Crippen molar-refractivity contribution in [2.75, 3.05) is 60.2 Å². The molecule has 0 spiro atoms. The van der Waals surface area contributed by atoms with Crippen LogP contribution in [0, 0.1) is 0 Å². The number of hydrogen-bond donors (Lipinski definition) is 2. The molecule has 2 aromatic carbocycles. The molecular weight excluding hydrogens is 494 g/mol. The van der Waals surface area contributed by atoms with Crippen LogP contribution >= 0.6 is 11.3 Å². The lowest BCUT2D eigenvalue weighted by Crippen LogP contribution is -2.44. The van der Waals surface area contributed by atoms with Crippen LogP contribution in [-0.4, -0.2) is 60.5 Å². The van der Waals surface area contributed by atoms with E-state index in [0.29, 0.717) is 12.5 Å². The maximum atomic E-state index is 12.4. The summed E-state index contributed by atoms with van der Waals surface area (Å²) in [5, 5.41) is 8.99. The monoisotopic (exact) mass is 525 g/mol. The highest BCUT2D eigenvalue weighted by atomic mass is 32.1. The summed E-state index contributed by atoms with van der Waals surface area (Å²) in [7, 11) is 2.17. The average molecular weight is 526 g/mol. The second kappa shape index (κ2) is 10.4. The highest BCUT2D eigenvalue weighted by molar-refractivity contribution is 7.17. The van der Waals surface area contributed by atoms with Crippen LogP contribution < -0.4 is 20.4 Å². The summed E-state index contributed by atoms with van der Waals surface area (Å²) in [5.74, 6) is 1.22. The molecule has 0 atom stereocenters. The van der Waals surface area contributed by atoms with Crippen molar-refractivity contribution in [1.82, 2.24) is 14.9 Å². The normalized spacial score (nSPS) is 15.8. The van der Waals surface area contributed by atoms with Crippen molar-refractivity contribution in [3.05, 3.63) is 72.1 Å². The van der Waals surface area contributed by atoms with E-state index in [1.165, 1.54) is 11.8 Å². The number of rotatable bonds is 6. The van der Waals surface area contributed by atoms with Gasteiger partial charge in [-0.05, 0) is 79.4 Å². The van der Waals surface area contributed by atoms with Crippen molar-refractivity contribution in [3.8, 4) is 0 Å². The Morgan fingerprint density at radius 3 is 2.61 bits per heavy atom. The molecule has 1 saturated heterocycles. The standard InChI is InChI=1S/C29H31N7OS/c1-3-26(37)36-14-5-6-22-23(7-4-8-25(22)36)31-28-27-24(13-19-38-27)32-29(33-28)30-20-9-11-21(12-10-20)35-17-15-34(2)16-18-35/h3-4,7-13,19H,1,5-6,14-18H2,2H3,(H2,30,31,32,33). The number of carbonyl (C=O) groups excluding carboxylic acids is 1. The van der Waals surface area contributed by atoms with Gasteiger partial charge in [0, 0.05) is 55.5 Å². The van der Waals surface area contributed by atoms with Crippen LogP contribution in [0.4, 0.5) is 34.5 Å².